The molecule has 1 N–H and O–H groups in total. The first kappa shape index (κ1) is 13.5. The third-order valence-electron chi connectivity index (χ3n) is 1.86. The lowest BCUT2D eigenvalue weighted by Gasteiger charge is -2.09. The van der Waals surface area contributed by atoms with Crippen LogP contribution in [0.4, 0.5) is 8.78 Å². The van der Waals surface area contributed by atoms with Crippen LogP contribution in [0.5, 0.6) is 0 Å². The molecular formula is C9H7Br2F2NO2. The van der Waals surface area contributed by atoms with E-state index in [0.29, 0.717) is 0 Å². The summed E-state index contributed by atoms with van der Waals surface area (Å²) in [5.74, 6) is -1.09. The van der Waals surface area contributed by atoms with E-state index in [1.54, 1.807) is 0 Å². The van der Waals surface area contributed by atoms with Crippen molar-refractivity contribution < 1.29 is 18.7 Å². The Morgan fingerprint density at radius 1 is 1.56 bits per heavy atom. The molecule has 0 aromatic carbocycles. The Kier molecular flexibility index (Phi) is 4.79. The lowest BCUT2D eigenvalue weighted by atomic mass is 10.1. The molecule has 1 rings (SSSR count). The first-order chi connectivity index (χ1) is 7.45. The molecule has 0 fully saturated rings. The van der Waals surface area contributed by atoms with Gasteiger partial charge in [0, 0.05) is 10.9 Å². The number of rotatable bonds is 4. The van der Waals surface area contributed by atoms with E-state index in [0.717, 1.165) is 0 Å². The highest BCUT2D eigenvalue weighted by Gasteiger charge is 2.18. The molecule has 0 radical (unpaired) electrons. The normalized spacial score (nSPS) is 10.8. The topological polar surface area (TPSA) is 50.2 Å². The summed E-state index contributed by atoms with van der Waals surface area (Å²) in [6.45, 7) is 0. The second-order valence-corrected chi connectivity index (χ2v) is 4.29. The van der Waals surface area contributed by atoms with Crippen LogP contribution in [-0.2, 0) is 16.5 Å². The van der Waals surface area contributed by atoms with E-state index < -0.39 is 12.4 Å². The van der Waals surface area contributed by atoms with E-state index in [9.17, 15) is 13.6 Å². The molecule has 0 aliphatic heterocycles. The smallest absolute Gasteiger partial charge is 0.307 e. The molecule has 0 bridgehead atoms. The number of alkyl halides is 3. The number of hydrogen-bond acceptors (Lipinski definition) is 2. The highest BCUT2D eigenvalue weighted by atomic mass is 79.9. The Labute approximate surface area is 107 Å². The van der Waals surface area contributed by atoms with Crippen LogP contribution in [0.15, 0.2) is 10.7 Å². The molecule has 0 amide bonds. The fraction of sp³-hybridized carbons (Fsp3) is 0.333. The summed E-state index contributed by atoms with van der Waals surface area (Å²) in [4.78, 5) is 14.4. The van der Waals surface area contributed by atoms with Crippen molar-refractivity contribution >= 4 is 37.8 Å². The van der Waals surface area contributed by atoms with E-state index in [2.05, 4.69) is 36.8 Å². The molecule has 0 aliphatic carbocycles. The van der Waals surface area contributed by atoms with Gasteiger partial charge in [-0.3, -0.25) is 4.79 Å². The van der Waals surface area contributed by atoms with Gasteiger partial charge in [0.25, 0.3) is 6.43 Å². The van der Waals surface area contributed by atoms with Crippen LogP contribution in [0.25, 0.3) is 0 Å². The maximum atomic E-state index is 12.6. The third kappa shape index (κ3) is 3.21. The van der Waals surface area contributed by atoms with Crippen molar-refractivity contribution in [1.82, 2.24) is 4.98 Å². The summed E-state index contributed by atoms with van der Waals surface area (Å²) < 4.78 is 25.6. The molecule has 0 saturated heterocycles. The number of aromatic nitrogens is 1. The number of pyridine rings is 1. The van der Waals surface area contributed by atoms with Crippen LogP contribution in [0.1, 0.15) is 23.2 Å². The Hall–Kier alpha value is -0.560. The second kappa shape index (κ2) is 5.67. The molecule has 16 heavy (non-hydrogen) atoms. The minimum Gasteiger partial charge on any atom is -0.481 e. The Bertz CT molecular complexity index is 413. The summed E-state index contributed by atoms with van der Waals surface area (Å²) in [5, 5.41) is 8.80. The summed E-state index contributed by atoms with van der Waals surface area (Å²) in [6.07, 6.45) is -3.00. The van der Waals surface area contributed by atoms with Crippen LogP contribution < -0.4 is 0 Å². The van der Waals surface area contributed by atoms with Gasteiger partial charge < -0.3 is 5.11 Å². The zero-order chi connectivity index (χ0) is 12.3. The predicted molar refractivity (Wildman–Crippen MR) is 60.9 cm³/mol. The standard InChI is InChI=1S/C9H7Br2F2NO2/c10-3-6-5(9(12)13)1-4(2-7(15)16)8(11)14-6/h1,9H,2-3H2,(H,15,16). The Morgan fingerprint density at radius 2 is 2.19 bits per heavy atom. The molecule has 7 heteroatoms. The average molecular weight is 359 g/mol. The number of nitrogens with zero attached hydrogens (tertiary/aromatic N) is 1. The van der Waals surface area contributed by atoms with Crippen molar-refractivity contribution in [3.8, 4) is 0 Å². The van der Waals surface area contributed by atoms with Crippen LogP contribution in [0.3, 0.4) is 0 Å². The number of carbonyl (C=O) groups is 1. The van der Waals surface area contributed by atoms with Gasteiger partial charge in [-0.25, -0.2) is 13.8 Å². The molecule has 3 nitrogen and oxygen atoms in total. The minimum absolute atomic E-state index is 0.193. The fourth-order valence-corrected chi connectivity index (χ4v) is 2.09. The van der Waals surface area contributed by atoms with Crippen molar-refractivity contribution in [3.05, 3.63) is 27.5 Å². The zero-order valence-corrected chi connectivity index (χ0v) is 11.1. The molecule has 0 saturated carbocycles. The maximum Gasteiger partial charge on any atom is 0.307 e. The lowest BCUT2D eigenvalue weighted by Crippen LogP contribution is -2.06. The molecule has 0 spiro atoms. The molecule has 1 aromatic rings. The third-order valence-corrected chi connectivity index (χ3v) is 3.08. The van der Waals surface area contributed by atoms with Crippen molar-refractivity contribution in [1.29, 1.82) is 0 Å². The van der Waals surface area contributed by atoms with Crippen LogP contribution in [0.2, 0.25) is 0 Å². The summed E-state index contributed by atoms with van der Waals surface area (Å²) in [7, 11) is 0. The minimum atomic E-state index is -2.67. The SMILES string of the molecule is O=C(O)Cc1cc(C(F)F)c(CBr)nc1Br. The molecule has 0 unspecified atom stereocenters. The van der Waals surface area contributed by atoms with Crippen molar-refractivity contribution in [2.45, 2.75) is 18.2 Å². The van der Waals surface area contributed by atoms with Gasteiger partial charge in [0.2, 0.25) is 0 Å². The van der Waals surface area contributed by atoms with Gasteiger partial charge in [0.15, 0.2) is 0 Å². The molecule has 0 atom stereocenters. The van der Waals surface area contributed by atoms with E-state index in [-0.39, 0.29) is 33.2 Å². The second-order valence-electron chi connectivity index (χ2n) is 2.98. The summed E-state index contributed by atoms with van der Waals surface area (Å²) in [5.41, 5.74) is 0.208. The monoisotopic (exact) mass is 357 g/mol. The first-order valence-corrected chi connectivity index (χ1v) is 6.11. The Balaban J connectivity index is 3.21. The zero-order valence-electron chi connectivity index (χ0n) is 7.88. The molecule has 1 aromatic heterocycles. The highest BCUT2D eigenvalue weighted by Crippen LogP contribution is 2.28. The van der Waals surface area contributed by atoms with Gasteiger partial charge >= 0.3 is 5.97 Å². The summed E-state index contributed by atoms with van der Waals surface area (Å²) in [6, 6.07) is 1.17. The van der Waals surface area contributed by atoms with E-state index in [1.165, 1.54) is 6.07 Å². The quantitative estimate of drug-likeness (QED) is 0.663. The largest absolute Gasteiger partial charge is 0.481 e. The van der Waals surface area contributed by atoms with Crippen molar-refractivity contribution in [3.63, 3.8) is 0 Å². The van der Waals surface area contributed by atoms with Crippen molar-refractivity contribution in [2.75, 3.05) is 0 Å². The summed E-state index contributed by atoms with van der Waals surface area (Å²) >= 11 is 6.11. The number of carboxylic acids is 1. The number of aliphatic carboxylic acids is 1. The highest BCUT2D eigenvalue weighted by molar-refractivity contribution is 9.10. The van der Waals surface area contributed by atoms with E-state index in [4.69, 9.17) is 5.11 Å². The van der Waals surface area contributed by atoms with Gasteiger partial charge in [-0.2, -0.15) is 0 Å². The molecule has 1 heterocycles. The van der Waals surface area contributed by atoms with Crippen LogP contribution in [0, 0.1) is 0 Å². The number of carboxylic acid groups (broad SMARTS) is 1. The van der Waals surface area contributed by atoms with Gasteiger partial charge in [0.1, 0.15) is 4.60 Å². The van der Waals surface area contributed by atoms with E-state index >= 15 is 0 Å². The van der Waals surface area contributed by atoms with Crippen LogP contribution >= 0.6 is 31.9 Å². The van der Waals surface area contributed by atoms with Crippen molar-refractivity contribution in [2.24, 2.45) is 0 Å². The van der Waals surface area contributed by atoms with Gasteiger partial charge in [-0.05, 0) is 27.6 Å². The van der Waals surface area contributed by atoms with E-state index in [1.807, 2.05) is 0 Å². The number of halogens is 4. The van der Waals surface area contributed by atoms with Crippen LogP contribution in [-0.4, -0.2) is 16.1 Å². The molecule has 88 valence electrons. The van der Waals surface area contributed by atoms with Gasteiger partial charge in [0.05, 0.1) is 12.1 Å². The predicted octanol–water partition coefficient (Wildman–Crippen LogP) is 3.30. The lowest BCUT2D eigenvalue weighted by molar-refractivity contribution is -0.136. The van der Waals surface area contributed by atoms with Gasteiger partial charge in [-0.15, -0.1) is 0 Å². The Morgan fingerprint density at radius 3 is 2.62 bits per heavy atom. The number of hydrogen-bond donors (Lipinski definition) is 1. The first-order valence-electron chi connectivity index (χ1n) is 4.19. The van der Waals surface area contributed by atoms with Gasteiger partial charge in [-0.1, -0.05) is 15.9 Å². The molecular weight excluding hydrogens is 352 g/mol. The average Bonchev–Trinajstić information content (AvgIpc) is 2.19. The molecule has 0 aliphatic rings. The fourth-order valence-electron chi connectivity index (χ4n) is 1.17. The maximum absolute atomic E-state index is 12.6.